The molecule has 0 aliphatic rings. The summed E-state index contributed by atoms with van der Waals surface area (Å²) >= 11 is 0. The third kappa shape index (κ3) is 3.84. The molecule has 0 amide bonds. The summed E-state index contributed by atoms with van der Waals surface area (Å²) in [5.41, 5.74) is 2.72. The number of fused-ring (bicyclic) bond motifs is 1. The van der Waals surface area contributed by atoms with Crippen LogP contribution in [0.5, 0.6) is 0 Å². The van der Waals surface area contributed by atoms with Crippen molar-refractivity contribution in [3.05, 3.63) is 36.0 Å². The highest BCUT2D eigenvalue weighted by molar-refractivity contribution is 5.80. The van der Waals surface area contributed by atoms with Gasteiger partial charge in [0.25, 0.3) is 0 Å². The number of hydrogen-bond acceptors (Lipinski definition) is 1. The lowest BCUT2D eigenvalue weighted by Gasteiger charge is -2.10. The Balaban J connectivity index is 2.12. The van der Waals surface area contributed by atoms with Crippen molar-refractivity contribution in [3.8, 4) is 0 Å². The van der Waals surface area contributed by atoms with Gasteiger partial charge in [0, 0.05) is 30.8 Å². The second kappa shape index (κ2) is 6.25. The van der Waals surface area contributed by atoms with Crippen molar-refractivity contribution in [1.82, 2.24) is 9.88 Å². The molecule has 19 heavy (non-hydrogen) atoms. The highest BCUT2D eigenvalue weighted by atomic mass is 14.9. The van der Waals surface area contributed by atoms with Crippen LogP contribution in [0.4, 0.5) is 0 Å². The van der Waals surface area contributed by atoms with Crippen LogP contribution in [-0.4, -0.2) is 10.6 Å². The zero-order chi connectivity index (χ0) is 13.8. The predicted octanol–water partition coefficient (Wildman–Crippen LogP) is 4.19. The molecular formula is C17H26N2. The zero-order valence-electron chi connectivity index (χ0n) is 12.6. The molecule has 0 aliphatic carbocycles. The summed E-state index contributed by atoms with van der Waals surface area (Å²) in [6.45, 7) is 11.0. The molecule has 1 heterocycles. The fourth-order valence-electron chi connectivity index (χ4n) is 2.27. The van der Waals surface area contributed by atoms with Crippen LogP contribution in [0.3, 0.4) is 0 Å². The summed E-state index contributed by atoms with van der Waals surface area (Å²) in [5.74, 6) is 0.756. The Morgan fingerprint density at radius 1 is 1.11 bits per heavy atom. The van der Waals surface area contributed by atoms with Gasteiger partial charge in [-0.05, 0) is 41.5 Å². The Hall–Kier alpha value is -1.28. The van der Waals surface area contributed by atoms with E-state index >= 15 is 0 Å². The lowest BCUT2D eigenvalue weighted by molar-refractivity contribution is 0.524. The molecule has 0 saturated heterocycles. The van der Waals surface area contributed by atoms with Gasteiger partial charge in [0.05, 0.1) is 0 Å². The van der Waals surface area contributed by atoms with Crippen LogP contribution in [-0.2, 0) is 13.1 Å². The fraction of sp³-hybridized carbons (Fsp3) is 0.529. The zero-order valence-corrected chi connectivity index (χ0v) is 12.6. The SMILES string of the molecule is CC(C)CCn1ccc2cc(CNC(C)C)ccc21. The van der Waals surface area contributed by atoms with Crippen molar-refractivity contribution in [2.24, 2.45) is 5.92 Å². The van der Waals surface area contributed by atoms with Crippen LogP contribution in [0.2, 0.25) is 0 Å². The first kappa shape index (κ1) is 14.1. The van der Waals surface area contributed by atoms with Gasteiger partial charge >= 0.3 is 0 Å². The summed E-state index contributed by atoms with van der Waals surface area (Å²) in [4.78, 5) is 0. The summed E-state index contributed by atoms with van der Waals surface area (Å²) in [5, 5.41) is 4.82. The van der Waals surface area contributed by atoms with Gasteiger partial charge in [-0.3, -0.25) is 0 Å². The van der Waals surface area contributed by atoms with E-state index < -0.39 is 0 Å². The lowest BCUT2D eigenvalue weighted by Crippen LogP contribution is -2.21. The van der Waals surface area contributed by atoms with E-state index in [4.69, 9.17) is 0 Å². The van der Waals surface area contributed by atoms with Crippen LogP contribution >= 0.6 is 0 Å². The second-order valence-corrected chi connectivity index (χ2v) is 6.12. The second-order valence-electron chi connectivity index (χ2n) is 6.12. The number of rotatable bonds is 6. The Morgan fingerprint density at radius 3 is 2.58 bits per heavy atom. The van der Waals surface area contributed by atoms with Crippen molar-refractivity contribution in [3.63, 3.8) is 0 Å². The van der Waals surface area contributed by atoms with Gasteiger partial charge in [-0.2, -0.15) is 0 Å². The maximum atomic E-state index is 3.47. The molecule has 2 nitrogen and oxygen atoms in total. The van der Waals surface area contributed by atoms with Gasteiger partial charge in [0.1, 0.15) is 0 Å². The average molecular weight is 258 g/mol. The van der Waals surface area contributed by atoms with E-state index in [2.05, 4.69) is 68.0 Å². The lowest BCUT2D eigenvalue weighted by atomic mass is 10.1. The van der Waals surface area contributed by atoms with E-state index in [1.165, 1.54) is 22.9 Å². The molecule has 0 spiro atoms. The Bertz CT molecular complexity index is 523. The molecule has 0 aliphatic heterocycles. The number of hydrogen-bond donors (Lipinski definition) is 1. The molecule has 0 radical (unpaired) electrons. The maximum absolute atomic E-state index is 3.47. The van der Waals surface area contributed by atoms with E-state index in [-0.39, 0.29) is 0 Å². The molecule has 0 unspecified atom stereocenters. The largest absolute Gasteiger partial charge is 0.347 e. The molecule has 1 N–H and O–H groups in total. The standard InChI is InChI=1S/C17H26N2/c1-13(2)7-9-19-10-8-16-11-15(5-6-17(16)19)12-18-14(3)4/h5-6,8,10-11,13-14,18H,7,9,12H2,1-4H3. The first-order valence-electron chi connectivity index (χ1n) is 7.37. The van der Waals surface area contributed by atoms with Crippen molar-refractivity contribution in [1.29, 1.82) is 0 Å². The number of benzene rings is 1. The van der Waals surface area contributed by atoms with Crippen LogP contribution in [0.15, 0.2) is 30.5 Å². The molecule has 0 bridgehead atoms. The van der Waals surface area contributed by atoms with E-state index in [0.29, 0.717) is 6.04 Å². The Labute approximate surface area is 116 Å². The van der Waals surface area contributed by atoms with Crippen molar-refractivity contribution >= 4 is 10.9 Å². The molecule has 1 aromatic carbocycles. The van der Waals surface area contributed by atoms with Crippen molar-refractivity contribution in [2.45, 2.75) is 53.2 Å². The highest BCUT2D eigenvalue weighted by Crippen LogP contribution is 2.19. The molecule has 104 valence electrons. The third-order valence-electron chi connectivity index (χ3n) is 3.50. The van der Waals surface area contributed by atoms with Gasteiger partial charge in [0.2, 0.25) is 0 Å². The smallest absolute Gasteiger partial charge is 0.0480 e. The molecule has 2 rings (SSSR count). The summed E-state index contributed by atoms with van der Waals surface area (Å²) in [7, 11) is 0. The number of aryl methyl sites for hydroxylation is 1. The third-order valence-corrected chi connectivity index (χ3v) is 3.50. The Morgan fingerprint density at radius 2 is 1.89 bits per heavy atom. The van der Waals surface area contributed by atoms with E-state index in [1.54, 1.807) is 0 Å². The molecular weight excluding hydrogens is 232 g/mol. The monoisotopic (exact) mass is 258 g/mol. The topological polar surface area (TPSA) is 17.0 Å². The number of nitrogens with zero attached hydrogens (tertiary/aromatic N) is 1. The molecule has 0 saturated carbocycles. The first-order chi connectivity index (χ1) is 9.06. The van der Waals surface area contributed by atoms with Crippen LogP contribution in [0, 0.1) is 5.92 Å². The minimum atomic E-state index is 0.534. The van der Waals surface area contributed by atoms with Gasteiger partial charge < -0.3 is 9.88 Å². The molecule has 2 heteroatoms. The van der Waals surface area contributed by atoms with E-state index in [0.717, 1.165) is 19.0 Å². The van der Waals surface area contributed by atoms with Crippen molar-refractivity contribution < 1.29 is 0 Å². The highest BCUT2D eigenvalue weighted by Gasteiger charge is 2.03. The number of aromatic nitrogens is 1. The van der Waals surface area contributed by atoms with Gasteiger partial charge in [0.15, 0.2) is 0 Å². The Kier molecular flexibility index (Phi) is 4.65. The molecule has 2 aromatic rings. The van der Waals surface area contributed by atoms with Gasteiger partial charge in [-0.25, -0.2) is 0 Å². The quantitative estimate of drug-likeness (QED) is 0.822. The number of nitrogens with one attached hydrogen (secondary N) is 1. The van der Waals surface area contributed by atoms with E-state index in [9.17, 15) is 0 Å². The van der Waals surface area contributed by atoms with Crippen LogP contribution < -0.4 is 5.32 Å². The summed E-state index contributed by atoms with van der Waals surface area (Å²) in [6, 6.07) is 9.56. The van der Waals surface area contributed by atoms with E-state index in [1.807, 2.05) is 0 Å². The van der Waals surface area contributed by atoms with Crippen LogP contribution in [0.1, 0.15) is 39.7 Å². The van der Waals surface area contributed by atoms with Crippen LogP contribution in [0.25, 0.3) is 10.9 Å². The maximum Gasteiger partial charge on any atom is 0.0480 e. The predicted molar refractivity (Wildman–Crippen MR) is 83.4 cm³/mol. The average Bonchev–Trinajstić information content (AvgIpc) is 2.76. The summed E-state index contributed by atoms with van der Waals surface area (Å²) < 4.78 is 2.37. The molecule has 1 aromatic heterocycles. The van der Waals surface area contributed by atoms with Crippen molar-refractivity contribution in [2.75, 3.05) is 0 Å². The molecule has 0 fully saturated rings. The summed E-state index contributed by atoms with van der Waals surface area (Å²) in [6.07, 6.45) is 3.45. The first-order valence-corrected chi connectivity index (χ1v) is 7.37. The van der Waals surface area contributed by atoms with Gasteiger partial charge in [-0.15, -0.1) is 0 Å². The normalized spacial score (nSPS) is 11.9. The fourth-order valence-corrected chi connectivity index (χ4v) is 2.27. The minimum absolute atomic E-state index is 0.534. The minimum Gasteiger partial charge on any atom is -0.347 e. The van der Waals surface area contributed by atoms with Gasteiger partial charge in [-0.1, -0.05) is 33.8 Å². The molecule has 0 atom stereocenters.